The normalized spacial score (nSPS) is 19.4. The molecule has 86 valence electrons. The molecule has 1 atom stereocenters. The van der Waals surface area contributed by atoms with E-state index in [4.69, 9.17) is 9.84 Å². The number of nitro groups is 1. The third kappa shape index (κ3) is 2.42. The van der Waals surface area contributed by atoms with Crippen molar-refractivity contribution in [1.82, 2.24) is 4.98 Å². The number of aliphatic hydroxyl groups excluding tert-OH is 1. The SMILES string of the molecule is O=[N+]([O-])c1cnccc1C1=C[C][C][C@H](CO)O1. The number of aromatic nitrogens is 1. The maximum atomic E-state index is 10.8. The van der Waals surface area contributed by atoms with Crippen LogP contribution in [0.3, 0.4) is 0 Å². The minimum atomic E-state index is -0.650. The quantitative estimate of drug-likeness (QED) is 0.617. The topological polar surface area (TPSA) is 85.5 Å². The van der Waals surface area contributed by atoms with Crippen LogP contribution in [0.25, 0.3) is 5.76 Å². The van der Waals surface area contributed by atoms with Gasteiger partial charge in [-0.3, -0.25) is 15.1 Å². The highest BCUT2D eigenvalue weighted by atomic mass is 16.6. The number of allylic oxidation sites excluding steroid dienone is 1. The van der Waals surface area contributed by atoms with Gasteiger partial charge in [0.05, 0.1) is 17.1 Å². The lowest BCUT2D eigenvalue weighted by Crippen LogP contribution is -2.21. The summed E-state index contributed by atoms with van der Waals surface area (Å²) in [5, 5.41) is 19.7. The largest absolute Gasteiger partial charge is 0.487 e. The van der Waals surface area contributed by atoms with Crippen LogP contribution in [0.1, 0.15) is 5.56 Å². The summed E-state index contributed by atoms with van der Waals surface area (Å²) < 4.78 is 5.32. The summed E-state index contributed by atoms with van der Waals surface area (Å²) in [5.74, 6) is 0.275. The van der Waals surface area contributed by atoms with Crippen LogP contribution in [-0.4, -0.2) is 27.7 Å². The Balaban J connectivity index is 2.34. The summed E-state index contributed by atoms with van der Waals surface area (Å²) >= 11 is 0. The first-order valence-corrected chi connectivity index (χ1v) is 4.80. The number of rotatable bonds is 3. The van der Waals surface area contributed by atoms with E-state index in [2.05, 4.69) is 17.8 Å². The molecule has 4 radical (unpaired) electrons. The number of ether oxygens (including phenoxy) is 1. The Hall–Kier alpha value is -1.95. The maximum Gasteiger partial charge on any atom is 0.298 e. The first-order chi connectivity index (χ1) is 8.22. The van der Waals surface area contributed by atoms with Gasteiger partial charge in [-0.25, -0.2) is 0 Å². The molecule has 0 saturated carbocycles. The fourth-order valence-corrected chi connectivity index (χ4v) is 1.38. The predicted octanol–water partition coefficient (Wildman–Crippen LogP) is 0.884. The van der Waals surface area contributed by atoms with Crippen LogP contribution >= 0.6 is 0 Å². The van der Waals surface area contributed by atoms with Crippen LogP contribution in [0.4, 0.5) is 5.69 Å². The van der Waals surface area contributed by atoms with E-state index in [0.717, 1.165) is 6.20 Å². The van der Waals surface area contributed by atoms with Gasteiger partial charge in [0, 0.05) is 19.0 Å². The van der Waals surface area contributed by atoms with Crippen molar-refractivity contribution >= 4 is 11.4 Å². The van der Waals surface area contributed by atoms with E-state index in [-0.39, 0.29) is 18.1 Å². The molecule has 0 saturated heterocycles. The smallest absolute Gasteiger partial charge is 0.298 e. The summed E-state index contributed by atoms with van der Waals surface area (Å²) in [5.41, 5.74) is 0.150. The van der Waals surface area contributed by atoms with Crippen molar-refractivity contribution in [2.24, 2.45) is 0 Å². The summed E-state index contributed by atoms with van der Waals surface area (Å²) in [7, 11) is 0. The molecule has 1 aliphatic heterocycles. The number of hydrogen-bond acceptors (Lipinski definition) is 5. The Bertz CT molecular complexity index is 459. The van der Waals surface area contributed by atoms with Crippen LogP contribution < -0.4 is 0 Å². The van der Waals surface area contributed by atoms with Gasteiger partial charge in [-0.05, 0) is 12.1 Å². The molecule has 0 aliphatic carbocycles. The zero-order chi connectivity index (χ0) is 12.3. The summed E-state index contributed by atoms with van der Waals surface area (Å²) in [6, 6.07) is 1.48. The third-order valence-corrected chi connectivity index (χ3v) is 2.14. The minimum absolute atomic E-state index is 0.154. The molecule has 1 aliphatic rings. The van der Waals surface area contributed by atoms with Crippen LogP contribution in [-0.2, 0) is 4.74 Å². The van der Waals surface area contributed by atoms with Gasteiger partial charge in [-0.2, -0.15) is 0 Å². The number of nitrogens with zero attached hydrogens (tertiary/aromatic N) is 2. The Morgan fingerprint density at radius 2 is 2.47 bits per heavy atom. The first kappa shape index (κ1) is 11.5. The molecule has 2 rings (SSSR count). The fourth-order valence-electron chi connectivity index (χ4n) is 1.38. The second-order valence-electron chi connectivity index (χ2n) is 3.24. The lowest BCUT2D eigenvalue weighted by atomic mass is 10.1. The number of aliphatic hydroxyl groups is 1. The second kappa shape index (κ2) is 4.92. The Kier molecular flexibility index (Phi) is 3.34. The van der Waals surface area contributed by atoms with Gasteiger partial charge < -0.3 is 9.84 Å². The molecule has 0 unspecified atom stereocenters. The predicted molar refractivity (Wildman–Crippen MR) is 57.3 cm³/mol. The van der Waals surface area contributed by atoms with E-state index < -0.39 is 11.0 Å². The van der Waals surface area contributed by atoms with E-state index in [0.29, 0.717) is 5.56 Å². The second-order valence-corrected chi connectivity index (χ2v) is 3.24. The minimum Gasteiger partial charge on any atom is -0.487 e. The molecule has 0 spiro atoms. The first-order valence-electron chi connectivity index (χ1n) is 4.80. The van der Waals surface area contributed by atoms with Crippen molar-refractivity contribution in [2.75, 3.05) is 6.61 Å². The zero-order valence-corrected chi connectivity index (χ0v) is 8.66. The number of hydrogen-bond donors (Lipinski definition) is 1. The van der Waals surface area contributed by atoms with Gasteiger partial charge in [-0.15, -0.1) is 0 Å². The van der Waals surface area contributed by atoms with Gasteiger partial charge in [0.15, 0.2) is 0 Å². The molecule has 0 aromatic carbocycles. The van der Waals surface area contributed by atoms with Gasteiger partial charge >= 0.3 is 0 Å². The van der Waals surface area contributed by atoms with E-state index in [9.17, 15) is 10.1 Å². The van der Waals surface area contributed by atoms with Gasteiger partial charge in [0.2, 0.25) is 0 Å². The van der Waals surface area contributed by atoms with Gasteiger partial charge in [-0.1, -0.05) is 0 Å². The van der Waals surface area contributed by atoms with E-state index >= 15 is 0 Å². The van der Waals surface area contributed by atoms with Crippen LogP contribution in [0.2, 0.25) is 0 Å². The molecule has 6 nitrogen and oxygen atoms in total. The molecule has 6 heteroatoms. The van der Waals surface area contributed by atoms with Crippen LogP contribution in [0.5, 0.6) is 0 Å². The number of pyridine rings is 1. The van der Waals surface area contributed by atoms with Crippen molar-refractivity contribution in [1.29, 1.82) is 0 Å². The molecule has 0 amide bonds. The lowest BCUT2D eigenvalue weighted by Gasteiger charge is -2.21. The maximum absolute atomic E-state index is 10.8. The summed E-state index contributed by atoms with van der Waals surface area (Å²) in [6.07, 6.45) is 8.66. The fraction of sp³-hybridized carbons (Fsp3) is 0.182. The van der Waals surface area contributed by atoms with Crippen molar-refractivity contribution < 1.29 is 14.8 Å². The highest BCUT2D eigenvalue weighted by Crippen LogP contribution is 2.29. The van der Waals surface area contributed by atoms with E-state index in [1.54, 1.807) is 0 Å². The Morgan fingerprint density at radius 3 is 3.18 bits per heavy atom. The van der Waals surface area contributed by atoms with Crippen molar-refractivity contribution in [3.05, 3.63) is 53.1 Å². The Labute approximate surface area is 97.7 Å². The van der Waals surface area contributed by atoms with Gasteiger partial charge in [0.25, 0.3) is 5.69 Å². The summed E-state index contributed by atoms with van der Waals surface area (Å²) in [4.78, 5) is 14.0. The highest BCUT2D eigenvalue weighted by Gasteiger charge is 2.23. The van der Waals surface area contributed by atoms with Gasteiger partial charge in [0.1, 0.15) is 18.1 Å². The zero-order valence-electron chi connectivity index (χ0n) is 8.66. The summed E-state index contributed by atoms with van der Waals surface area (Å²) in [6.45, 7) is -0.261. The van der Waals surface area contributed by atoms with Crippen LogP contribution in [0, 0.1) is 23.0 Å². The molecule has 1 aromatic rings. The lowest BCUT2D eigenvalue weighted by molar-refractivity contribution is -0.385. The third-order valence-electron chi connectivity index (χ3n) is 2.14. The molecule has 0 fully saturated rings. The van der Waals surface area contributed by atoms with E-state index in [1.807, 2.05) is 0 Å². The van der Waals surface area contributed by atoms with Crippen molar-refractivity contribution in [2.45, 2.75) is 6.10 Å². The molecule has 1 N–H and O–H groups in total. The van der Waals surface area contributed by atoms with E-state index in [1.165, 1.54) is 18.3 Å². The van der Waals surface area contributed by atoms with Crippen LogP contribution in [0.15, 0.2) is 24.5 Å². The molecule has 17 heavy (non-hydrogen) atoms. The molecular formula is C11H8N2O4. The standard InChI is InChI=1S/C11H8N2O4/c14-7-8-2-1-3-11(17-8)9-4-5-12-6-10(9)13(15)16/h3-6,8,14H,7H2/t8-/m1/s1. The van der Waals surface area contributed by atoms with Crippen molar-refractivity contribution in [3.63, 3.8) is 0 Å². The molecule has 1 aromatic heterocycles. The average Bonchev–Trinajstić information content (AvgIpc) is 2.39. The monoisotopic (exact) mass is 232 g/mol. The molecular weight excluding hydrogens is 224 g/mol. The molecule has 2 heterocycles. The van der Waals surface area contributed by atoms with Crippen molar-refractivity contribution in [3.8, 4) is 0 Å². The Morgan fingerprint density at radius 1 is 1.65 bits per heavy atom. The average molecular weight is 232 g/mol. The molecule has 0 bridgehead atoms. The highest BCUT2D eigenvalue weighted by molar-refractivity contribution is 5.69.